The van der Waals surface area contributed by atoms with Crippen molar-refractivity contribution in [3.63, 3.8) is 0 Å². The van der Waals surface area contributed by atoms with Crippen LogP contribution < -0.4 is 5.32 Å². The molecule has 0 radical (unpaired) electrons. The highest BCUT2D eigenvalue weighted by molar-refractivity contribution is 5.25. The van der Waals surface area contributed by atoms with Crippen LogP contribution in [0.3, 0.4) is 0 Å². The zero-order valence-corrected chi connectivity index (χ0v) is 7.24. The van der Waals surface area contributed by atoms with Crippen molar-refractivity contribution in [3.05, 3.63) is 42.2 Å². The predicted octanol–water partition coefficient (Wildman–Crippen LogP) is 1.70. The van der Waals surface area contributed by atoms with Gasteiger partial charge in [-0.25, -0.2) is 4.39 Å². The molecule has 0 heterocycles. The molecule has 1 aromatic carbocycles. The molecule has 2 N–H and O–H groups in total. The van der Waals surface area contributed by atoms with Crippen LogP contribution >= 0.6 is 0 Å². The van der Waals surface area contributed by atoms with Crippen LogP contribution in [-0.4, -0.2) is 0 Å². The van der Waals surface area contributed by atoms with Crippen molar-refractivity contribution in [1.29, 1.82) is 0 Å². The second-order valence-electron chi connectivity index (χ2n) is 2.80. The topological polar surface area (TPSA) is 16.6 Å². The summed E-state index contributed by atoms with van der Waals surface area (Å²) in [4.78, 5) is 0. The maximum atomic E-state index is 12.9. The van der Waals surface area contributed by atoms with E-state index in [1.807, 2.05) is 0 Å². The van der Waals surface area contributed by atoms with Gasteiger partial charge in [-0.2, -0.15) is 20.2 Å². The molecule has 0 aliphatic rings. The maximum absolute atomic E-state index is 12.9. The summed E-state index contributed by atoms with van der Waals surface area (Å²) in [6.45, 7) is 0.356. The largest absolute Gasteiger partial charge is 0.475 e. The Hall–Kier alpha value is -1.10. The summed E-state index contributed by atoms with van der Waals surface area (Å²) in [5.74, 6) is -1.24. The molecular weight excluding hydrogens is 198 g/mol. The van der Waals surface area contributed by atoms with Crippen LogP contribution in [0.4, 0.5) is 17.6 Å². The van der Waals surface area contributed by atoms with Gasteiger partial charge < -0.3 is 5.32 Å². The van der Waals surface area contributed by atoms with E-state index in [9.17, 15) is 17.6 Å². The molecule has 1 nitrogen and oxygen atoms in total. The molecule has 14 heavy (non-hydrogen) atoms. The van der Waals surface area contributed by atoms with Crippen molar-refractivity contribution >= 4 is 0 Å². The van der Waals surface area contributed by atoms with E-state index in [1.165, 1.54) is 11.4 Å². The number of quaternary nitrogens is 1. The molecule has 1 aromatic rings. The number of alkyl halides is 3. The number of hydrogen-bond acceptors (Lipinski definition) is 0. The number of halogens is 4. The fourth-order valence-electron chi connectivity index (χ4n) is 1.08. The first-order valence-corrected chi connectivity index (χ1v) is 3.91. The van der Waals surface area contributed by atoms with Gasteiger partial charge in [0.05, 0.1) is 12.1 Å². The molecule has 0 atom stereocenters. The molecule has 0 saturated carbocycles. The molecule has 78 valence electrons. The predicted molar refractivity (Wildman–Crippen MR) is 42.4 cm³/mol. The van der Waals surface area contributed by atoms with Crippen molar-refractivity contribution in [1.82, 2.24) is 0 Å². The van der Waals surface area contributed by atoms with E-state index in [1.54, 1.807) is 0 Å². The maximum Gasteiger partial charge on any atom is 0.419 e. The molecule has 0 unspecified atom stereocenters. The molecule has 0 aromatic heterocycles. The second kappa shape index (κ2) is 3.96. The third-order valence-corrected chi connectivity index (χ3v) is 1.72. The van der Waals surface area contributed by atoms with Gasteiger partial charge in [0.25, 0.3) is 0 Å². The molecular formula is C9H9F4N. The highest BCUT2D eigenvalue weighted by atomic mass is 19.4. The van der Waals surface area contributed by atoms with Crippen LogP contribution in [0.1, 0.15) is 11.1 Å². The lowest BCUT2D eigenvalue weighted by molar-refractivity contribution is -0.612. The summed E-state index contributed by atoms with van der Waals surface area (Å²) >= 11 is 0. The highest BCUT2D eigenvalue weighted by Crippen LogP contribution is 2.31. The lowest BCUT2D eigenvalue weighted by Crippen LogP contribution is -2.74. The fourth-order valence-corrected chi connectivity index (χ4v) is 1.08. The van der Waals surface area contributed by atoms with Crippen LogP contribution in [-0.2, 0) is 12.7 Å². The van der Waals surface area contributed by atoms with Gasteiger partial charge in [-0.15, -0.1) is 0 Å². The molecule has 0 aliphatic carbocycles. The minimum absolute atomic E-state index is 0.356. The Balaban J connectivity index is 3.02. The summed E-state index contributed by atoms with van der Waals surface area (Å²) in [6, 6.07) is 2.87. The van der Waals surface area contributed by atoms with Gasteiger partial charge in [-0.1, -0.05) is 6.07 Å². The Kier molecular flexibility index (Phi) is 3.10. The summed E-state index contributed by atoms with van der Waals surface area (Å²) in [7, 11) is 3.41. The molecule has 0 spiro atoms. The fraction of sp³-hybridized carbons (Fsp3) is 0.222. The normalized spacial score (nSPS) is 11.8. The van der Waals surface area contributed by atoms with Crippen molar-refractivity contribution in [2.45, 2.75) is 12.7 Å². The van der Waals surface area contributed by atoms with E-state index in [0.29, 0.717) is 12.1 Å². The summed E-state index contributed by atoms with van der Waals surface area (Å²) < 4.78 is 49.2. The molecule has 1 rings (SSSR count). The van der Waals surface area contributed by atoms with Gasteiger partial charge in [0.2, 0.25) is 0 Å². The average Bonchev–Trinajstić information content (AvgIpc) is 2.02. The number of benzene rings is 1. The lowest BCUT2D eigenvalue weighted by atomic mass is 10.1. The van der Waals surface area contributed by atoms with Gasteiger partial charge in [0.15, 0.2) is 0 Å². The molecule has 0 amide bonds. The van der Waals surface area contributed by atoms with Crippen LogP contribution in [0.15, 0.2) is 18.2 Å². The van der Waals surface area contributed by atoms with Gasteiger partial charge >= 0.3 is 6.18 Å². The van der Waals surface area contributed by atoms with E-state index < -0.39 is 17.6 Å². The molecule has 5 heteroatoms. The van der Waals surface area contributed by atoms with E-state index in [2.05, 4.69) is 7.05 Å². The average molecular weight is 207 g/mol. The zero-order valence-electron chi connectivity index (χ0n) is 7.24. The van der Waals surface area contributed by atoms with Gasteiger partial charge in [-0.3, -0.25) is 0 Å². The molecule has 0 aliphatic heterocycles. The lowest BCUT2D eigenvalue weighted by Gasteiger charge is -2.08. The Bertz CT molecular complexity index is 319. The number of hydrogen-bond donors (Lipinski definition) is 1. The standard InChI is InChI=1S/C9H9F4N/c1-14-5-6-2-3-7(8(10)4-6)9(11,12)13/h2-4H,1,5,14H2. The number of nitrogens with two attached hydrogens (primary N) is 1. The Morgan fingerprint density at radius 3 is 2.36 bits per heavy atom. The molecule has 0 fully saturated rings. The summed E-state index contributed by atoms with van der Waals surface area (Å²) in [6.07, 6.45) is -4.63. The van der Waals surface area contributed by atoms with Crippen LogP contribution in [0.5, 0.6) is 0 Å². The van der Waals surface area contributed by atoms with Gasteiger partial charge in [0, 0.05) is 5.56 Å². The molecule has 0 bridgehead atoms. The van der Waals surface area contributed by atoms with E-state index in [-0.39, 0.29) is 0 Å². The van der Waals surface area contributed by atoms with Crippen molar-refractivity contribution < 1.29 is 22.9 Å². The third-order valence-electron chi connectivity index (χ3n) is 1.72. The Labute approximate surface area is 78.7 Å². The SMILES string of the molecule is [CH2-][NH2+]Cc1ccc(C(F)(F)F)c(F)c1. The van der Waals surface area contributed by atoms with Crippen LogP contribution in [0.25, 0.3) is 0 Å². The monoisotopic (exact) mass is 207 g/mol. The van der Waals surface area contributed by atoms with E-state index in [4.69, 9.17) is 0 Å². The minimum Gasteiger partial charge on any atom is -0.475 e. The minimum atomic E-state index is -4.63. The zero-order chi connectivity index (χ0) is 10.8. The van der Waals surface area contributed by atoms with E-state index in [0.717, 1.165) is 12.1 Å². The van der Waals surface area contributed by atoms with Gasteiger partial charge in [0.1, 0.15) is 5.82 Å². The third kappa shape index (κ3) is 2.45. The first-order valence-electron chi connectivity index (χ1n) is 3.91. The smallest absolute Gasteiger partial charge is 0.419 e. The van der Waals surface area contributed by atoms with Crippen molar-refractivity contribution in [2.24, 2.45) is 0 Å². The summed E-state index contributed by atoms with van der Waals surface area (Å²) in [5, 5.41) is 1.50. The van der Waals surface area contributed by atoms with Crippen LogP contribution in [0, 0.1) is 12.9 Å². The van der Waals surface area contributed by atoms with Gasteiger partial charge in [-0.05, 0) is 12.1 Å². The van der Waals surface area contributed by atoms with Crippen molar-refractivity contribution in [3.8, 4) is 0 Å². The first kappa shape index (κ1) is 11.0. The summed E-state index contributed by atoms with van der Waals surface area (Å²) in [5.41, 5.74) is -0.754. The Morgan fingerprint density at radius 1 is 1.29 bits per heavy atom. The van der Waals surface area contributed by atoms with Crippen molar-refractivity contribution in [2.75, 3.05) is 0 Å². The van der Waals surface area contributed by atoms with Crippen LogP contribution in [0.2, 0.25) is 0 Å². The quantitative estimate of drug-likeness (QED) is 0.561. The number of rotatable bonds is 2. The van der Waals surface area contributed by atoms with E-state index >= 15 is 0 Å². The molecule has 0 saturated heterocycles. The highest BCUT2D eigenvalue weighted by Gasteiger charge is 2.33. The first-order chi connectivity index (χ1) is 6.45. The second-order valence-corrected chi connectivity index (χ2v) is 2.80. The Morgan fingerprint density at radius 2 is 1.93 bits per heavy atom.